The first-order valence-corrected chi connectivity index (χ1v) is 7.02. The van der Waals surface area contributed by atoms with Crippen molar-refractivity contribution < 1.29 is 4.39 Å². The summed E-state index contributed by atoms with van der Waals surface area (Å²) in [5, 5.41) is 0. The zero-order valence-electron chi connectivity index (χ0n) is 11.6. The topological polar surface area (TPSA) is 0 Å². The van der Waals surface area contributed by atoms with E-state index in [0.717, 1.165) is 24.8 Å². The summed E-state index contributed by atoms with van der Waals surface area (Å²) in [6, 6.07) is 20.2. The Kier molecular flexibility index (Phi) is 5.82. The zero-order valence-corrected chi connectivity index (χ0v) is 11.6. The first-order valence-electron chi connectivity index (χ1n) is 7.02. The van der Waals surface area contributed by atoms with Crippen LogP contribution in [0, 0.1) is 0 Å². The van der Waals surface area contributed by atoms with Crippen molar-refractivity contribution in [2.45, 2.75) is 25.7 Å². The summed E-state index contributed by atoms with van der Waals surface area (Å²) in [4.78, 5) is 0. The van der Waals surface area contributed by atoms with E-state index in [1.807, 2.05) is 48.5 Å². The minimum Gasteiger partial charge on any atom is -0.203 e. The lowest BCUT2D eigenvalue weighted by Crippen LogP contribution is -1.84. The molecule has 2 aromatic carbocycles. The number of benzene rings is 2. The number of halogens is 1. The van der Waals surface area contributed by atoms with Gasteiger partial charge in [-0.25, -0.2) is 4.39 Å². The van der Waals surface area contributed by atoms with Gasteiger partial charge in [0.2, 0.25) is 0 Å². The van der Waals surface area contributed by atoms with Crippen molar-refractivity contribution in [3.8, 4) is 0 Å². The standard InChI is InChI=1S/C19H19F/c20-19(16-15-18-11-5-2-6-12-18)14-8-7-13-17-9-3-1-4-10-17/h1-6,8-12H,7,13,15-16H2. The fourth-order valence-corrected chi connectivity index (χ4v) is 2.04. The number of rotatable bonds is 6. The predicted octanol–water partition coefficient (Wildman–Crippen LogP) is 5.26. The maximum atomic E-state index is 13.6. The van der Waals surface area contributed by atoms with Crippen molar-refractivity contribution in [3.05, 3.63) is 89.4 Å². The minimum absolute atomic E-state index is 0.165. The molecule has 0 heterocycles. The Labute approximate surface area is 120 Å². The minimum atomic E-state index is -0.165. The maximum absolute atomic E-state index is 13.6. The number of allylic oxidation sites excluding steroid dienone is 1. The Hall–Kier alpha value is -2.11. The molecule has 0 N–H and O–H groups in total. The second kappa shape index (κ2) is 8.14. The van der Waals surface area contributed by atoms with Gasteiger partial charge in [0.25, 0.3) is 0 Å². The first kappa shape index (κ1) is 14.3. The average Bonchev–Trinajstić information content (AvgIpc) is 2.52. The maximum Gasteiger partial charge on any atom is 0.142 e. The van der Waals surface area contributed by atoms with E-state index in [4.69, 9.17) is 0 Å². The monoisotopic (exact) mass is 266 g/mol. The van der Waals surface area contributed by atoms with Gasteiger partial charge in [-0.2, -0.15) is 0 Å². The van der Waals surface area contributed by atoms with Crippen molar-refractivity contribution in [1.82, 2.24) is 0 Å². The van der Waals surface area contributed by atoms with Crippen molar-refractivity contribution in [3.63, 3.8) is 0 Å². The van der Waals surface area contributed by atoms with Gasteiger partial charge in [0.1, 0.15) is 5.83 Å². The molecule has 0 aromatic heterocycles. The molecule has 0 aliphatic rings. The van der Waals surface area contributed by atoms with E-state index in [2.05, 4.69) is 17.9 Å². The molecule has 0 amide bonds. The molecule has 0 fully saturated rings. The lowest BCUT2D eigenvalue weighted by Gasteiger charge is -1.97. The number of hydrogen-bond donors (Lipinski definition) is 0. The molecule has 0 aliphatic heterocycles. The Morgan fingerprint density at radius 2 is 1.40 bits per heavy atom. The van der Waals surface area contributed by atoms with Crippen molar-refractivity contribution in [1.29, 1.82) is 0 Å². The van der Waals surface area contributed by atoms with E-state index in [-0.39, 0.29) is 5.83 Å². The molecule has 0 unspecified atom stereocenters. The Morgan fingerprint density at radius 3 is 2.00 bits per heavy atom. The second-order valence-electron chi connectivity index (χ2n) is 4.76. The lowest BCUT2D eigenvalue weighted by atomic mass is 10.1. The van der Waals surface area contributed by atoms with E-state index in [9.17, 15) is 4.39 Å². The Bertz CT molecular complexity index is 563. The molecule has 0 nitrogen and oxygen atoms in total. The number of aryl methyl sites for hydroxylation is 2. The molecule has 1 heteroatoms. The van der Waals surface area contributed by atoms with Crippen molar-refractivity contribution >= 4 is 0 Å². The third-order valence-electron chi connectivity index (χ3n) is 3.15. The van der Waals surface area contributed by atoms with Crippen LogP contribution in [-0.4, -0.2) is 0 Å². The molecule has 102 valence electrons. The van der Waals surface area contributed by atoms with Crippen LogP contribution in [0.2, 0.25) is 0 Å². The Morgan fingerprint density at radius 1 is 0.850 bits per heavy atom. The normalized spacial score (nSPS) is 9.85. The molecular formula is C19H19F. The molecule has 0 aliphatic carbocycles. The highest BCUT2D eigenvalue weighted by molar-refractivity contribution is 5.16. The fourth-order valence-electron chi connectivity index (χ4n) is 2.04. The molecular weight excluding hydrogens is 247 g/mol. The van der Waals surface area contributed by atoms with Gasteiger partial charge in [-0.05, 0) is 36.5 Å². The lowest BCUT2D eigenvalue weighted by molar-refractivity contribution is 0.590. The highest BCUT2D eigenvalue weighted by Gasteiger charge is 1.95. The van der Waals surface area contributed by atoms with Crippen molar-refractivity contribution in [2.24, 2.45) is 0 Å². The quantitative estimate of drug-likeness (QED) is 0.625. The van der Waals surface area contributed by atoms with Crippen LogP contribution in [0.1, 0.15) is 24.0 Å². The highest BCUT2D eigenvalue weighted by atomic mass is 19.1. The summed E-state index contributed by atoms with van der Waals surface area (Å²) < 4.78 is 13.6. The van der Waals surface area contributed by atoms with E-state index in [0.29, 0.717) is 6.42 Å². The molecule has 0 radical (unpaired) electrons. The summed E-state index contributed by atoms with van der Waals surface area (Å²) in [6.07, 6.45) is 4.70. The Balaban J connectivity index is 1.77. The van der Waals surface area contributed by atoms with Crippen LogP contribution in [-0.2, 0) is 12.8 Å². The van der Waals surface area contributed by atoms with Crippen LogP contribution in [0.25, 0.3) is 0 Å². The fraction of sp³-hybridized carbons (Fsp3) is 0.211. The van der Waals surface area contributed by atoms with E-state index >= 15 is 0 Å². The SMILES string of the molecule is FC(=C=CCCc1ccccc1)CCc1ccccc1. The highest BCUT2D eigenvalue weighted by Crippen LogP contribution is 2.09. The van der Waals surface area contributed by atoms with E-state index in [1.54, 1.807) is 6.08 Å². The smallest absolute Gasteiger partial charge is 0.142 e. The molecule has 20 heavy (non-hydrogen) atoms. The summed E-state index contributed by atoms with van der Waals surface area (Å²) in [5.74, 6) is -0.165. The second-order valence-corrected chi connectivity index (χ2v) is 4.76. The predicted molar refractivity (Wildman–Crippen MR) is 82.2 cm³/mol. The average molecular weight is 266 g/mol. The van der Waals surface area contributed by atoms with Crippen LogP contribution < -0.4 is 0 Å². The van der Waals surface area contributed by atoms with Crippen molar-refractivity contribution in [2.75, 3.05) is 0 Å². The summed E-state index contributed by atoms with van der Waals surface area (Å²) in [5.41, 5.74) is 5.18. The van der Waals surface area contributed by atoms with E-state index < -0.39 is 0 Å². The summed E-state index contributed by atoms with van der Waals surface area (Å²) in [7, 11) is 0. The molecule has 2 aromatic rings. The van der Waals surface area contributed by atoms with Crippen LogP contribution in [0.4, 0.5) is 4.39 Å². The van der Waals surface area contributed by atoms with Crippen LogP contribution in [0.3, 0.4) is 0 Å². The molecule has 0 saturated heterocycles. The number of hydrogen-bond acceptors (Lipinski definition) is 0. The van der Waals surface area contributed by atoms with Gasteiger partial charge < -0.3 is 0 Å². The van der Waals surface area contributed by atoms with Crippen LogP contribution >= 0.6 is 0 Å². The van der Waals surface area contributed by atoms with Crippen LogP contribution in [0.5, 0.6) is 0 Å². The van der Waals surface area contributed by atoms with Gasteiger partial charge in [0.05, 0.1) is 0 Å². The molecule has 0 saturated carbocycles. The summed E-state index contributed by atoms with van der Waals surface area (Å²) >= 11 is 0. The van der Waals surface area contributed by atoms with Gasteiger partial charge in [0.15, 0.2) is 0 Å². The van der Waals surface area contributed by atoms with Gasteiger partial charge in [-0.15, -0.1) is 0 Å². The largest absolute Gasteiger partial charge is 0.203 e. The molecule has 0 bridgehead atoms. The van der Waals surface area contributed by atoms with Gasteiger partial charge in [-0.3, -0.25) is 0 Å². The van der Waals surface area contributed by atoms with Gasteiger partial charge in [0, 0.05) is 6.42 Å². The van der Waals surface area contributed by atoms with Crippen LogP contribution in [0.15, 0.2) is 78.3 Å². The third-order valence-corrected chi connectivity index (χ3v) is 3.15. The van der Waals surface area contributed by atoms with E-state index in [1.165, 1.54) is 5.56 Å². The summed E-state index contributed by atoms with van der Waals surface area (Å²) in [6.45, 7) is 0. The van der Waals surface area contributed by atoms with Gasteiger partial charge in [-0.1, -0.05) is 66.4 Å². The third kappa shape index (κ3) is 5.26. The molecule has 0 spiro atoms. The molecule has 0 atom stereocenters. The zero-order chi connectivity index (χ0) is 14.0. The van der Waals surface area contributed by atoms with Gasteiger partial charge >= 0.3 is 0 Å². The molecule has 2 rings (SSSR count). The first-order chi connectivity index (χ1) is 9.84.